The number of imidazole rings is 1. The minimum atomic E-state index is 0.146. The summed E-state index contributed by atoms with van der Waals surface area (Å²) in [6.07, 6.45) is 1.82. The predicted molar refractivity (Wildman–Crippen MR) is 80.7 cm³/mol. The number of thiazole rings is 1. The summed E-state index contributed by atoms with van der Waals surface area (Å²) >= 11 is 10.5. The number of nitrogens with one attached hydrogen (secondary N) is 1. The molecule has 0 bridgehead atoms. The lowest BCUT2D eigenvalue weighted by molar-refractivity contribution is 0.644. The van der Waals surface area contributed by atoms with Crippen LogP contribution in [0.25, 0.3) is 11.0 Å². The van der Waals surface area contributed by atoms with Crippen LogP contribution in [0, 0.1) is 4.77 Å². The van der Waals surface area contributed by atoms with Gasteiger partial charge in [0.1, 0.15) is 5.01 Å². The number of fused-ring (bicyclic) bond motifs is 1. The summed E-state index contributed by atoms with van der Waals surface area (Å²) in [5.74, 6) is 0. The van der Waals surface area contributed by atoms with E-state index in [0.29, 0.717) is 0 Å². The van der Waals surface area contributed by atoms with Crippen molar-refractivity contribution >= 4 is 50.5 Å². The highest BCUT2D eigenvalue weighted by Gasteiger charge is 2.15. The van der Waals surface area contributed by atoms with E-state index < -0.39 is 0 Å². The Morgan fingerprint density at radius 3 is 3.06 bits per heavy atom. The van der Waals surface area contributed by atoms with Gasteiger partial charge in [0.15, 0.2) is 4.77 Å². The van der Waals surface area contributed by atoms with Crippen molar-refractivity contribution < 1.29 is 0 Å². The van der Waals surface area contributed by atoms with Crippen molar-refractivity contribution in [1.29, 1.82) is 0 Å². The first kappa shape index (κ1) is 12.1. The van der Waals surface area contributed by atoms with Crippen LogP contribution >= 0.6 is 39.5 Å². The minimum Gasteiger partial charge on any atom is -0.331 e. The van der Waals surface area contributed by atoms with Gasteiger partial charge < -0.3 is 9.55 Å². The summed E-state index contributed by atoms with van der Waals surface area (Å²) in [5.41, 5.74) is 2.14. The second-order valence-electron chi connectivity index (χ2n) is 4.01. The number of hydrogen-bond donors (Lipinski definition) is 1. The van der Waals surface area contributed by atoms with Crippen molar-refractivity contribution in [3.05, 3.63) is 44.0 Å². The molecule has 0 amide bonds. The number of halogens is 1. The fraction of sp³-hybridized carbons (Fsp3) is 0.167. The van der Waals surface area contributed by atoms with E-state index in [1.165, 1.54) is 0 Å². The van der Waals surface area contributed by atoms with E-state index in [4.69, 9.17) is 12.2 Å². The number of aromatic nitrogens is 3. The second kappa shape index (κ2) is 4.60. The molecule has 18 heavy (non-hydrogen) atoms. The SMILES string of the molecule is CC(c1nccs1)n1c(=S)[nH]c2cc(Br)ccc21. The van der Waals surface area contributed by atoms with Gasteiger partial charge in [-0.15, -0.1) is 11.3 Å². The van der Waals surface area contributed by atoms with Gasteiger partial charge >= 0.3 is 0 Å². The minimum absolute atomic E-state index is 0.146. The molecular formula is C12H10BrN3S2. The molecule has 0 saturated carbocycles. The molecule has 2 aromatic heterocycles. The summed E-state index contributed by atoms with van der Waals surface area (Å²) in [7, 11) is 0. The Labute approximate surface area is 122 Å². The lowest BCUT2D eigenvalue weighted by Gasteiger charge is -2.11. The molecule has 0 aliphatic rings. The van der Waals surface area contributed by atoms with E-state index in [-0.39, 0.29) is 6.04 Å². The molecule has 0 aliphatic heterocycles. The van der Waals surface area contributed by atoms with Crippen molar-refractivity contribution in [2.75, 3.05) is 0 Å². The summed E-state index contributed by atoms with van der Waals surface area (Å²) in [5, 5.41) is 3.05. The molecule has 0 aliphatic carbocycles. The summed E-state index contributed by atoms with van der Waals surface area (Å²) < 4.78 is 3.88. The maximum absolute atomic E-state index is 5.42. The van der Waals surface area contributed by atoms with Crippen molar-refractivity contribution in [3.63, 3.8) is 0 Å². The normalized spacial score (nSPS) is 13.0. The van der Waals surface area contributed by atoms with Gasteiger partial charge in [0, 0.05) is 16.0 Å². The summed E-state index contributed by atoms with van der Waals surface area (Å²) in [6, 6.07) is 6.27. The first-order valence-corrected chi connectivity index (χ1v) is 7.54. The zero-order valence-corrected chi connectivity index (χ0v) is 12.8. The van der Waals surface area contributed by atoms with Crippen LogP contribution < -0.4 is 0 Å². The molecule has 92 valence electrons. The molecule has 0 fully saturated rings. The van der Waals surface area contributed by atoms with Gasteiger partial charge in [-0.1, -0.05) is 15.9 Å². The Balaban J connectivity index is 2.23. The molecule has 0 saturated heterocycles. The molecule has 6 heteroatoms. The molecule has 1 atom stereocenters. The number of benzene rings is 1. The molecule has 0 radical (unpaired) electrons. The molecule has 3 rings (SSSR count). The fourth-order valence-corrected chi connectivity index (χ4v) is 3.45. The van der Waals surface area contributed by atoms with Crippen LogP contribution in [0.2, 0.25) is 0 Å². The van der Waals surface area contributed by atoms with Crippen LogP contribution in [-0.2, 0) is 0 Å². The van der Waals surface area contributed by atoms with E-state index >= 15 is 0 Å². The zero-order valence-electron chi connectivity index (χ0n) is 9.55. The maximum Gasteiger partial charge on any atom is 0.178 e. The molecule has 1 unspecified atom stereocenters. The van der Waals surface area contributed by atoms with Gasteiger partial charge in [0.25, 0.3) is 0 Å². The lowest BCUT2D eigenvalue weighted by Crippen LogP contribution is -2.06. The number of H-pyrrole nitrogens is 1. The second-order valence-corrected chi connectivity index (χ2v) is 6.24. The smallest absolute Gasteiger partial charge is 0.178 e. The molecular weight excluding hydrogens is 330 g/mol. The van der Waals surface area contributed by atoms with E-state index in [1.54, 1.807) is 11.3 Å². The Hall–Kier alpha value is -0.980. The largest absolute Gasteiger partial charge is 0.331 e. The molecule has 3 aromatic rings. The topological polar surface area (TPSA) is 33.6 Å². The standard InChI is InChI=1S/C12H10BrN3S2/c1-7(11-14-4-5-18-11)16-10-3-2-8(13)6-9(10)15-12(16)17/h2-7H,1H3,(H,15,17). The molecule has 3 nitrogen and oxygen atoms in total. The third-order valence-electron chi connectivity index (χ3n) is 2.87. The van der Waals surface area contributed by atoms with Gasteiger partial charge in [0.05, 0.1) is 17.1 Å². The number of hydrogen-bond acceptors (Lipinski definition) is 3. The zero-order chi connectivity index (χ0) is 12.7. The average Bonchev–Trinajstić information content (AvgIpc) is 2.94. The van der Waals surface area contributed by atoms with Gasteiger partial charge in [-0.2, -0.15) is 0 Å². The highest BCUT2D eigenvalue weighted by atomic mass is 79.9. The lowest BCUT2D eigenvalue weighted by atomic mass is 10.3. The highest BCUT2D eigenvalue weighted by molar-refractivity contribution is 9.10. The van der Waals surface area contributed by atoms with Crippen LogP contribution in [0.4, 0.5) is 0 Å². The number of aromatic amines is 1. The van der Waals surface area contributed by atoms with Crippen LogP contribution in [0.15, 0.2) is 34.2 Å². The van der Waals surface area contributed by atoms with E-state index in [0.717, 1.165) is 25.3 Å². The number of nitrogens with zero attached hydrogens (tertiary/aromatic N) is 2. The Morgan fingerprint density at radius 2 is 2.33 bits per heavy atom. The van der Waals surface area contributed by atoms with E-state index in [2.05, 4.69) is 43.5 Å². The first-order valence-electron chi connectivity index (χ1n) is 5.46. The molecule has 0 spiro atoms. The monoisotopic (exact) mass is 339 g/mol. The molecule has 1 N–H and O–H groups in total. The fourth-order valence-electron chi connectivity index (χ4n) is 2.04. The molecule has 1 aromatic carbocycles. The van der Waals surface area contributed by atoms with Crippen LogP contribution in [0.3, 0.4) is 0 Å². The van der Waals surface area contributed by atoms with Crippen molar-refractivity contribution in [1.82, 2.24) is 14.5 Å². The summed E-state index contributed by atoms with van der Waals surface area (Å²) in [4.78, 5) is 7.60. The third-order valence-corrected chi connectivity index (χ3v) is 4.61. The van der Waals surface area contributed by atoms with Crippen molar-refractivity contribution in [2.24, 2.45) is 0 Å². The van der Waals surface area contributed by atoms with Crippen LogP contribution in [-0.4, -0.2) is 14.5 Å². The van der Waals surface area contributed by atoms with E-state index in [9.17, 15) is 0 Å². The quantitative estimate of drug-likeness (QED) is 0.696. The Morgan fingerprint density at radius 1 is 1.50 bits per heavy atom. The highest BCUT2D eigenvalue weighted by Crippen LogP contribution is 2.27. The first-order chi connectivity index (χ1) is 8.66. The van der Waals surface area contributed by atoms with Crippen molar-refractivity contribution in [2.45, 2.75) is 13.0 Å². The van der Waals surface area contributed by atoms with E-state index in [1.807, 2.05) is 23.7 Å². The third kappa shape index (κ3) is 1.94. The Bertz CT molecular complexity index is 742. The Kier molecular flexibility index (Phi) is 3.09. The molecule has 2 heterocycles. The van der Waals surface area contributed by atoms with Gasteiger partial charge in [-0.05, 0) is 37.3 Å². The van der Waals surface area contributed by atoms with Gasteiger partial charge in [-0.25, -0.2) is 4.98 Å². The van der Waals surface area contributed by atoms with Gasteiger partial charge in [-0.3, -0.25) is 0 Å². The van der Waals surface area contributed by atoms with Crippen molar-refractivity contribution in [3.8, 4) is 0 Å². The van der Waals surface area contributed by atoms with Gasteiger partial charge in [0.2, 0.25) is 0 Å². The predicted octanol–water partition coefficient (Wildman–Crippen LogP) is 4.53. The van der Waals surface area contributed by atoms with Crippen LogP contribution in [0.5, 0.6) is 0 Å². The average molecular weight is 340 g/mol. The maximum atomic E-state index is 5.42. The number of rotatable bonds is 2. The van der Waals surface area contributed by atoms with Crippen LogP contribution in [0.1, 0.15) is 18.0 Å². The summed E-state index contributed by atoms with van der Waals surface area (Å²) in [6.45, 7) is 2.12.